The van der Waals surface area contributed by atoms with Crippen LogP contribution in [0, 0.1) is 5.92 Å². The highest BCUT2D eigenvalue weighted by Crippen LogP contribution is 2.33. The van der Waals surface area contributed by atoms with Gasteiger partial charge in [0.15, 0.2) is 9.84 Å². The molecule has 1 aliphatic heterocycles. The Hall–Kier alpha value is -3.66. The van der Waals surface area contributed by atoms with Gasteiger partial charge in [-0.3, -0.25) is 4.79 Å². The number of aromatic nitrogens is 2. The smallest absolute Gasteiger partial charge is 0.407 e. The maximum absolute atomic E-state index is 13.3. The normalized spacial score (nSPS) is 16.6. The highest BCUT2D eigenvalue weighted by atomic mass is 32.2. The topological polar surface area (TPSA) is 121 Å². The average Bonchev–Trinajstić information content (AvgIpc) is 3.56. The van der Waals surface area contributed by atoms with Crippen molar-refractivity contribution in [2.75, 3.05) is 19.9 Å². The number of amides is 2. The van der Waals surface area contributed by atoms with Crippen molar-refractivity contribution in [1.29, 1.82) is 0 Å². The van der Waals surface area contributed by atoms with Gasteiger partial charge < -0.3 is 19.9 Å². The van der Waals surface area contributed by atoms with Crippen molar-refractivity contribution >= 4 is 21.8 Å². The van der Waals surface area contributed by atoms with Gasteiger partial charge in [0.25, 0.3) is 0 Å². The molecule has 1 saturated heterocycles. The van der Waals surface area contributed by atoms with Crippen molar-refractivity contribution in [3.63, 3.8) is 0 Å². The molecule has 37 heavy (non-hydrogen) atoms. The number of likely N-dealkylation sites (tertiary alicyclic amines) is 1. The number of benzene rings is 2. The van der Waals surface area contributed by atoms with E-state index in [1.165, 1.54) is 13.4 Å². The van der Waals surface area contributed by atoms with E-state index in [-0.39, 0.29) is 22.8 Å². The highest BCUT2D eigenvalue weighted by molar-refractivity contribution is 7.90. The highest BCUT2D eigenvalue weighted by Gasteiger charge is 2.37. The first kappa shape index (κ1) is 26.4. The van der Waals surface area contributed by atoms with Gasteiger partial charge in [0.1, 0.15) is 11.9 Å². The number of alkyl carbamates (subject to hydrolysis) is 1. The molecule has 196 valence electrons. The van der Waals surface area contributed by atoms with Gasteiger partial charge in [-0.25, -0.2) is 18.2 Å². The number of imidazole rings is 1. The summed E-state index contributed by atoms with van der Waals surface area (Å²) in [7, 11) is -1.96. The summed E-state index contributed by atoms with van der Waals surface area (Å²) in [5, 5.41) is 2.66. The molecule has 2 N–H and O–H groups in total. The zero-order chi connectivity index (χ0) is 26.7. The van der Waals surface area contributed by atoms with E-state index in [1.807, 2.05) is 38.1 Å². The number of nitrogens with one attached hydrogen (secondary N) is 2. The first-order valence-corrected chi connectivity index (χ1v) is 14.1. The fourth-order valence-electron chi connectivity index (χ4n) is 4.58. The molecule has 2 amide bonds. The van der Waals surface area contributed by atoms with Crippen LogP contribution < -0.4 is 5.32 Å². The number of methoxy groups -OCH3 is 1. The third-order valence-electron chi connectivity index (χ3n) is 6.65. The Morgan fingerprint density at radius 1 is 1.05 bits per heavy atom. The predicted molar refractivity (Wildman–Crippen MR) is 140 cm³/mol. The van der Waals surface area contributed by atoms with Gasteiger partial charge >= 0.3 is 6.09 Å². The Labute approximate surface area is 217 Å². The molecule has 2 aromatic carbocycles. The van der Waals surface area contributed by atoms with Gasteiger partial charge in [-0.15, -0.1) is 0 Å². The summed E-state index contributed by atoms with van der Waals surface area (Å²) in [6, 6.07) is 13.8. The molecule has 1 aromatic heterocycles. The lowest BCUT2D eigenvalue weighted by Gasteiger charge is -2.30. The standard InChI is InChI=1S/C27H32N4O5S/c1-17(2)24(30-27(33)36-3)26(32)31-15-5-6-23(31)25-28-16-22(29-25)20-9-7-18(8-10-20)19-11-13-21(14-12-19)37(4,34)35/h7-14,16-17,23-24H,5-6,15H2,1-4H3,(H,28,29)(H,30,33)/t23-,24-/m0/s1. The second-order valence-corrected chi connectivity index (χ2v) is 11.6. The SMILES string of the molecule is COC(=O)N[C@H](C(=O)N1CCC[C@H]1c1ncc(-c2ccc(-c3ccc(S(C)(=O)=O)cc3)cc2)[nH]1)C(C)C. The molecule has 3 aromatic rings. The van der Waals surface area contributed by atoms with E-state index in [2.05, 4.69) is 15.3 Å². The monoisotopic (exact) mass is 524 g/mol. The van der Waals surface area contributed by atoms with Gasteiger partial charge in [0.05, 0.1) is 29.9 Å². The molecule has 9 nitrogen and oxygen atoms in total. The molecule has 10 heteroatoms. The third-order valence-corrected chi connectivity index (χ3v) is 7.78. The fourth-order valence-corrected chi connectivity index (χ4v) is 5.21. The third kappa shape index (κ3) is 5.85. The molecular weight excluding hydrogens is 492 g/mol. The zero-order valence-corrected chi connectivity index (χ0v) is 22.2. The molecule has 4 rings (SSSR count). The lowest BCUT2D eigenvalue weighted by Crippen LogP contribution is -2.51. The van der Waals surface area contributed by atoms with Crippen LogP contribution in [0.3, 0.4) is 0 Å². The minimum atomic E-state index is -3.23. The van der Waals surface area contributed by atoms with E-state index >= 15 is 0 Å². The molecule has 1 aliphatic rings. The fraction of sp³-hybridized carbons (Fsp3) is 0.370. The molecule has 2 atom stereocenters. The van der Waals surface area contributed by atoms with Gasteiger partial charge in [-0.2, -0.15) is 0 Å². The van der Waals surface area contributed by atoms with Crippen LogP contribution >= 0.6 is 0 Å². The summed E-state index contributed by atoms with van der Waals surface area (Å²) in [6.45, 7) is 4.37. The lowest BCUT2D eigenvalue weighted by atomic mass is 10.0. The first-order chi connectivity index (χ1) is 17.6. The van der Waals surface area contributed by atoms with Crippen molar-refractivity contribution in [2.24, 2.45) is 5.92 Å². The molecular formula is C27H32N4O5S. The van der Waals surface area contributed by atoms with Crippen LogP contribution in [0.25, 0.3) is 22.4 Å². The summed E-state index contributed by atoms with van der Waals surface area (Å²) in [6.07, 6.45) is 3.96. The molecule has 0 unspecified atom stereocenters. The van der Waals surface area contributed by atoms with Gasteiger partial charge in [-0.1, -0.05) is 50.2 Å². The molecule has 0 bridgehead atoms. The van der Waals surface area contributed by atoms with Crippen LogP contribution in [0.4, 0.5) is 4.79 Å². The van der Waals surface area contributed by atoms with Crippen LogP contribution in [0.1, 0.15) is 38.6 Å². The molecule has 0 spiro atoms. The van der Waals surface area contributed by atoms with E-state index in [0.717, 1.165) is 35.2 Å². The maximum Gasteiger partial charge on any atom is 0.407 e. The summed E-state index contributed by atoms with van der Waals surface area (Å²) < 4.78 is 28.1. The van der Waals surface area contributed by atoms with E-state index in [4.69, 9.17) is 4.74 Å². The number of hydrogen-bond acceptors (Lipinski definition) is 6. The minimum Gasteiger partial charge on any atom is -0.453 e. The predicted octanol–water partition coefficient (Wildman–Crippen LogP) is 4.19. The Morgan fingerprint density at radius 3 is 2.22 bits per heavy atom. The quantitative estimate of drug-likeness (QED) is 0.478. The minimum absolute atomic E-state index is 0.0962. The van der Waals surface area contributed by atoms with Crippen molar-refractivity contribution in [1.82, 2.24) is 20.2 Å². The largest absolute Gasteiger partial charge is 0.453 e. The van der Waals surface area contributed by atoms with Crippen LogP contribution in [-0.2, 0) is 19.4 Å². The number of aromatic amines is 1. The zero-order valence-electron chi connectivity index (χ0n) is 21.4. The molecule has 1 fully saturated rings. The summed E-state index contributed by atoms with van der Waals surface area (Å²) in [5.74, 6) is 0.468. The van der Waals surface area contributed by atoms with Crippen LogP contribution in [0.2, 0.25) is 0 Å². The Kier molecular flexibility index (Phi) is 7.68. The molecule has 0 radical (unpaired) electrons. The summed E-state index contributed by atoms with van der Waals surface area (Å²) >= 11 is 0. The van der Waals surface area contributed by atoms with Crippen LogP contribution in [-0.4, -0.2) is 61.2 Å². The average molecular weight is 525 g/mol. The number of H-pyrrole nitrogens is 1. The second kappa shape index (κ2) is 10.8. The van der Waals surface area contributed by atoms with Crippen LogP contribution in [0.5, 0.6) is 0 Å². The number of carbonyl (C=O) groups is 2. The van der Waals surface area contributed by atoms with E-state index in [1.54, 1.807) is 35.4 Å². The number of sulfone groups is 1. The van der Waals surface area contributed by atoms with Gasteiger partial charge in [-0.05, 0) is 47.6 Å². The van der Waals surface area contributed by atoms with Crippen LogP contribution in [0.15, 0.2) is 59.6 Å². The number of carbonyl (C=O) groups excluding carboxylic acids is 2. The van der Waals surface area contributed by atoms with Crippen molar-refractivity contribution in [2.45, 2.75) is 43.7 Å². The Bertz CT molecular complexity index is 1360. The van der Waals surface area contributed by atoms with E-state index in [9.17, 15) is 18.0 Å². The number of hydrogen-bond donors (Lipinski definition) is 2. The van der Waals surface area contributed by atoms with E-state index < -0.39 is 22.0 Å². The van der Waals surface area contributed by atoms with Crippen molar-refractivity contribution < 1.29 is 22.7 Å². The van der Waals surface area contributed by atoms with Gasteiger partial charge in [0.2, 0.25) is 5.91 Å². The number of nitrogens with zero attached hydrogens (tertiary/aromatic N) is 2. The molecule has 2 heterocycles. The molecule has 0 aliphatic carbocycles. The first-order valence-electron chi connectivity index (χ1n) is 12.2. The van der Waals surface area contributed by atoms with Crippen molar-refractivity contribution in [3.8, 4) is 22.4 Å². The lowest BCUT2D eigenvalue weighted by molar-refractivity contribution is -0.135. The Balaban J connectivity index is 1.50. The van der Waals surface area contributed by atoms with Gasteiger partial charge in [0, 0.05) is 12.8 Å². The summed E-state index contributed by atoms with van der Waals surface area (Å²) in [5.41, 5.74) is 3.67. The molecule has 0 saturated carbocycles. The Morgan fingerprint density at radius 2 is 1.65 bits per heavy atom. The maximum atomic E-state index is 13.3. The number of ether oxygens (including phenoxy) is 1. The summed E-state index contributed by atoms with van der Waals surface area (Å²) in [4.78, 5) is 35.1. The van der Waals surface area contributed by atoms with E-state index in [0.29, 0.717) is 12.4 Å². The van der Waals surface area contributed by atoms with Crippen molar-refractivity contribution in [3.05, 3.63) is 60.6 Å². The number of rotatable bonds is 7. The second-order valence-electron chi connectivity index (χ2n) is 9.60.